The van der Waals surface area contributed by atoms with Crippen molar-refractivity contribution in [1.29, 1.82) is 0 Å². The standard InChI is InChI=1S/C15H20ClNOS/c16-11-3-4-14(13(17)9-11)19-10-12-5-8-15(18-12)6-1-2-7-15/h3-4,9,12H,1-2,5-8,10,17H2. The molecule has 1 heterocycles. The molecule has 1 aromatic rings. The number of nitrogen functional groups attached to an aromatic ring is 1. The first-order valence-corrected chi connectivity index (χ1v) is 8.39. The average molecular weight is 298 g/mol. The van der Waals surface area contributed by atoms with Crippen LogP contribution in [0.3, 0.4) is 0 Å². The second-order valence-electron chi connectivity index (χ2n) is 5.66. The molecular formula is C15H20ClNOS. The molecule has 104 valence electrons. The molecule has 1 aliphatic heterocycles. The van der Waals surface area contributed by atoms with Crippen LogP contribution >= 0.6 is 23.4 Å². The smallest absolute Gasteiger partial charge is 0.0687 e. The van der Waals surface area contributed by atoms with Crippen molar-refractivity contribution in [2.45, 2.75) is 55.1 Å². The van der Waals surface area contributed by atoms with Crippen LogP contribution in [0.2, 0.25) is 5.02 Å². The maximum atomic E-state index is 6.31. The summed E-state index contributed by atoms with van der Waals surface area (Å²) < 4.78 is 6.31. The Kier molecular flexibility index (Phi) is 3.97. The molecule has 0 aromatic heterocycles. The Balaban J connectivity index is 1.55. The van der Waals surface area contributed by atoms with Gasteiger partial charge in [0.25, 0.3) is 0 Å². The third kappa shape index (κ3) is 3.04. The van der Waals surface area contributed by atoms with Crippen LogP contribution in [0, 0.1) is 0 Å². The summed E-state index contributed by atoms with van der Waals surface area (Å²) in [6.45, 7) is 0. The van der Waals surface area contributed by atoms with Crippen LogP contribution in [0.1, 0.15) is 38.5 Å². The van der Waals surface area contributed by atoms with E-state index in [0.29, 0.717) is 11.1 Å². The molecule has 1 unspecified atom stereocenters. The Morgan fingerprint density at radius 1 is 1.32 bits per heavy atom. The molecule has 3 rings (SSSR count). The van der Waals surface area contributed by atoms with Gasteiger partial charge in [-0.25, -0.2) is 0 Å². The molecule has 19 heavy (non-hydrogen) atoms. The second kappa shape index (κ2) is 5.55. The minimum Gasteiger partial charge on any atom is -0.398 e. The molecule has 2 aliphatic rings. The lowest BCUT2D eigenvalue weighted by Crippen LogP contribution is -2.25. The quantitative estimate of drug-likeness (QED) is 0.659. The van der Waals surface area contributed by atoms with Crippen LogP contribution in [-0.4, -0.2) is 17.5 Å². The highest BCUT2D eigenvalue weighted by Crippen LogP contribution is 2.44. The van der Waals surface area contributed by atoms with Gasteiger partial charge in [-0.15, -0.1) is 11.8 Å². The second-order valence-corrected chi connectivity index (χ2v) is 7.16. The van der Waals surface area contributed by atoms with Crippen LogP contribution in [0.5, 0.6) is 0 Å². The van der Waals surface area contributed by atoms with E-state index in [1.807, 2.05) is 18.2 Å². The Bertz CT molecular complexity index is 459. The highest BCUT2D eigenvalue weighted by Gasteiger charge is 2.41. The van der Waals surface area contributed by atoms with Gasteiger partial charge in [0.05, 0.1) is 11.7 Å². The lowest BCUT2D eigenvalue weighted by Gasteiger charge is -2.23. The zero-order valence-electron chi connectivity index (χ0n) is 11.0. The van der Waals surface area contributed by atoms with E-state index < -0.39 is 0 Å². The molecule has 2 nitrogen and oxygen atoms in total. The van der Waals surface area contributed by atoms with Gasteiger partial charge in [0, 0.05) is 21.4 Å². The van der Waals surface area contributed by atoms with E-state index in [2.05, 4.69) is 0 Å². The SMILES string of the molecule is Nc1cc(Cl)ccc1SCC1CCC2(CCCC2)O1. The van der Waals surface area contributed by atoms with Crippen molar-refractivity contribution < 1.29 is 4.74 Å². The molecule has 0 bridgehead atoms. The Hall–Kier alpha value is -0.380. The monoisotopic (exact) mass is 297 g/mol. The molecule has 1 saturated carbocycles. The lowest BCUT2D eigenvalue weighted by molar-refractivity contribution is -0.0267. The highest BCUT2D eigenvalue weighted by atomic mass is 35.5. The van der Waals surface area contributed by atoms with E-state index in [0.717, 1.165) is 16.3 Å². The van der Waals surface area contributed by atoms with Crippen molar-refractivity contribution in [2.75, 3.05) is 11.5 Å². The number of ether oxygens (including phenoxy) is 1. The van der Waals surface area contributed by atoms with Crippen LogP contribution in [0.15, 0.2) is 23.1 Å². The summed E-state index contributed by atoms with van der Waals surface area (Å²) in [5.74, 6) is 0.994. The van der Waals surface area contributed by atoms with Gasteiger partial charge in [-0.2, -0.15) is 0 Å². The fraction of sp³-hybridized carbons (Fsp3) is 0.600. The first-order chi connectivity index (χ1) is 9.17. The summed E-state index contributed by atoms with van der Waals surface area (Å²) in [6.07, 6.45) is 8.02. The zero-order chi connectivity index (χ0) is 13.3. The fourth-order valence-electron chi connectivity index (χ4n) is 3.23. The molecule has 1 aromatic carbocycles. The van der Waals surface area contributed by atoms with Crippen LogP contribution in [0.4, 0.5) is 5.69 Å². The van der Waals surface area contributed by atoms with E-state index in [9.17, 15) is 0 Å². The lowest BCUT2D eigenvalue weighted by atomic mass is 9.98. The number of hydrogen-bond donors (Lipinski definition) is 1. The van der Waals surface area contributed by atoms with Crippen LogP contribution in [-0.2, 0) is 4.74 Å². The van der Waals surface area contributed by atoms with Crippen LogP contribution < -0.4 is 5.73 Å². The minimum atomic E-state index is 0.233. The number of hydrogen-bond acceptors (Lipinski definition) is 3. The summed E-state index contributed by atoms with van der Waals surface area (Å²) in [5.41, 5.74) is 6.98. The largest absolute Gasteiger partial charge is 0.398 e. The Morgan fingerprint density at radius 3 is 2.84 bits per heavy atom. The summed E-state index contributed by atoms with van der Waals surface area (Å²) in [4.78, 5) is 1.11. The van der Waals surface area contributed by atoms with E-state index in [1.54, 1.807) is 11.8 Å². The van der Waals surface area contributed by atoms with Gasteiger partial charge in [-0.05, 0) is 43.9 Å². The first kappa shape index (κ1) is 13.6. The third-order valence-electron chi connectivity index (χ3n) is 4.25. The molecule has 1 spiro atoms. The van der Waals surface area contributed by atoms with E-state index >= 15 is 0 Å². The van der Waals surface area contributed by atoms with Crippen molar-refractivity contribution in [3.8, 4) is 0 Å². The van der Waals surface area contributed by atoms with E-state index in [4.69, 9.17) is 22.1 Å². The molecule has 2 fully saturated rings. The molecule has 0 radical (unpaired) electrons. The van der Waals surface area contributed by atoms with Crippen molar-refractivity contribution in [2.24, 2.45) is 0 Å². The van der Waals surface area contributed by atoms with Gasteiger partial charge in [0.2, 0.25) is 0 Å². The van der Waals surface area contributed by atoms with Gasteiger partial charge in [0.15, 0.2) is 0 Å². The molecule has 1 saturated heterocycles. The maximum absolute atomic E-state index is 6.31. The van der Waals surface area contributed by atoms with Gasteiger partial charge in [-0.1, -0.05) is 24.4 Å². The van der Waals surface area contributed by atoms with Gasteiger partial charge in [0.1, 0.15) is 0 Å². The number of halogens is 1. The van der Waals surface area contributed by atoms with Gasteiger partial charge in [-0.3, -0.25) is 0 Å². The van der Waals surface area contributed by atoms with Gasteiger partial charge < -0.3 is 10.5 Å². The number of anilines is 1. The number of thioether (sulfide) groups is 1. The fourth-order valence-corrected chi connectivity index (χ4v) is 4.40. The summed E-state index contributed by atoms with van der Waals surface area (Å²) >= 11 is 7.70. The third-order valence-corrected chi connectivity index (χ3v) is 5.71. The predicted octanol–water partition coefficient (Wildman–Crippen LogP) is 4.51. The molecule has 0 amide bonds. The van der Waals surface area contributed by atoms with E-state index in [-0.39, 0.29) is 5.60 Å². The summed E-state index contributed by atoms with van der Waals surface area (Å²) in [5, 5.41) is 0.698. The van der Waals surface area contributed by atoms with Gasteiger partial charge >= 0.3 is 0 Å². The number of nitrogens with two attached hydrogens (primary N) is 1. The molecule has 1 aliphatic carbocycles. The Morgan fingerprint density at radius 2 is 2.11 bits per heavy atom. The van der Waals surface area contributed by atoms with Crippen LogP contribution in [0.25, 0.3) is 0 Å². The summed E-state index contributed by atoms with van der Waals surface area (Å²) in [6, 6.07) is 5.72. The van der Waals surface area contributed by atoms with E-state index in [1.165, 1.54) is 38.5 Å². The molecule has 4 heteroatoms. The predicted molar refractivity (Wildman–Crippen MR) is 81.9 cm³/mol. The average Bonchev–Trinajstić information content (AvgIpc) is 2.99. The summed E-state index contributed by atoms with van der Waals surface area (Å²) in [7, 11) is 0. The number of rotatable bonds is 3. The molecule has 2 N–H and O–H groups in total. The van der Waals surface area contributed by atoms with Crippen molar-refractivity contribution in [1.82, 2.24) is 0 Å². The maximum Gasteiger partial charge on any atom is 0.0687 e. The molecular weight excluding hydrogens is 278 g/mol. The van der Waals surface area contributed by atoms with Crippen molar-refractivity contribution in [3.63, 3.8) is 0 Å². The Labute approximate surface area is 124 Å². The first-order valence-electron chi connectivity index (χ1n) is 7.03. The highest BCUT2D eigenvalue weighted by molar-refractivity contribution is 7.99. The topological polar surface area (TPSA) is 35.2 Å². The zero-order valence-corrected chi connectivity index (χ0v) is 12.6. The number of benzene rings is 1. The minimum absolute atomic E-state index is 0.233. The van der Waals surface area contributed by atoms with Crippen molar-refractivity contribution >= 4 is 29.1 Å². The van der Waals surface area contributed by atoms with Crippen molar-refractivity contribution in [3.05, 3.63) is 23.2 Å². The molecule has 1 atom stereocenters. The normalized spacial score (nSPS) is 25.2.